The molecule has 1 aromatic carbocycles. The number of fused-ring (bicyclic) bond motifs is 2. The van der Waals surface area contributed by atoms with E-state index in [1.807, 2.05) is 30.9 Å². The maximum absolute atomic E-state index is 13.8. The predicted molar refractivity (Wildman–Crippen MR) is 107 cm³/mol. The molecule has 2 aliphatic heterocycles. The Morgan fingerprint density at radius 1 is 1.14 bits per heavy atom. The molecule has 0 bridgehead atoms. The van der Waals surface area contributed by atoms with E-state index in [1.54, 1.807) is 22.7 Å². The van der Waals surface area contributed by atoms with Gasteiger partial charge in [-0.2, -0.15) is 5.10 Å². The van der Waals surface area contributed by atoms with Gasteiger partial charge in [0.15, 0.2) is 11.3 Å². The van der Waals surface area contributed by atoms with Crippen LogP contribution in [0.1, 0.15) is 33.5 Å². The van der Waals surface area contributed by atoms with Crippen molar-refractivity contribution in [2.75, 3.05) is 26.7 Å². The number of amides is 1. The van der Waals surface area contributed by atoms with Crippen molar-refractivity contribution < 1.29 is 9.18 Å². The van der Waals surface area contributed by atoms with E-state index in [4.69, 9.17) is 0 Å². The normalized spacial score (nSPS) is 24.4. The number of aromatic nitrogens is 3. The van der Waals surface area contributed by atoms with E-state index < -0.39 is 0 Å². The Hall–Kier alpha value is -2.80. The molecule has 3 aromatic rings. The molecule has 7 heteroatoms. The van der Waals surface area contributed by atoms with Gasteiger partial charge in [-0.1, -0.05) is 12.1 Å². The predicted octanol–water partition coefficient (Wildman–Crippen LogP) is 2.86. The summed E-state index contributed by atoms with van der Waals surface area (Å²) in [4.78, 5) is 21.8. The minimum Gasteiger partial charge on any atom is -0.337 e. The number of aryl methyl sites for hydroxylation is 2. The van der Waals surface area contributed by atoms with Crippen LogP contribution in [0.3, 0.4) is 0 Å². The lowest BCUT2D eigenvalue weighted by molar-refractivity contribution is 0.0761. The summed E-state index contributed by atoms with van der Waals surface area (Å²) in [6.07, 6.45) is 0. The molecule has 1 amide bonds. The molecule has 3 atom stereocenters. The van der Waals surface area contributed by atoms with Crippen molar-refractivity contribution in [3.8, 4) is 0 Å². The number of nitrogens with zero attached hydrogens (tertiary/aromatic N) is 5. The number of hydrogen-bond donors (Lipinski definition) is 0. The fourth-order valence-corrected chi connectivity index (χ4v) is 5.17. The quantitative estimate of drug-likeness (QED) is 0.672. The SMILES string of the molecule is Cc1cc(C)n2nc(C(=O)N3C[C@@H]4CN(C)[C@@H](c5cccc(F)c5)[C@@H]4C3)cc2n1. The molecule has 2 aliphatic rings. The van der Waals surface area contributed by atoms with Crippen molar-refractivity contribution >= 4 is 11.6 Å². The van der Waals surface area contributed by atoms with Crippen LogP contribution in [0.2, 0.25) is 0 Å². The van der Waals surface area contributed by atoms with Gasteiger partial charge in [-0.15, -0.1) is 0 Å². The molecule has 2 aromatic heterocycles. The van der Waals surface area contributed by atoms with Crippen LogP contribution in [0.25, 0.3) is 5.65 Å². The van der Waals surface area contributed by atoms with Crippen LogP contribution in [-0.2, 0) is 0 Å². The van der Waals surface area contributed by atoms with E-state index in [0.717, 1.165) is 23.5 Å². The average Bonchev–Trinajstić information content (AvgIpc) is 3.33. The van der Waals surface area contributed by atoms with Gasteiger partial charge in [0.25, 0.3) is 5.91 Å². The highest BCUT2D eigenvalue weighted by Crippen LogP contribution is 2.44. The van der Waals surface area contributed by atoms with E-state index >= 15 is 0 Å². The third-order valence-electron chi connectivity index (χ3n) is 6.32. The first kappa shape index (κ1) is 18.2. The lowest BCUT2D eigenvalue weighted by atomic mass is 9.89. The molecule has 2 saturated heterocycles. The first-order valence-electron chi connectivity index (χ1n) is 9.99. The van der Waals surface area contributed by atoms with Crippen LogP contribution >= 0.6 is 0 Å². The van der Waals surface area contributed by atoms with Gasteiger partial charge < -0.3 is 4.90 Å². The average molecular weight is 393 g/mol. The smallest absolute Gasteiger partial charge is 0.274 e. The highest BCUT2D eigenvalue weighted by molar-refractivity contribution is 5.93. The first-order chi connectivity index (χ1) is 13.9. The van der Waals surface area contributed by atoms with Crippen LogP contribution in [-0.4, -0.2) is 57.0 Å². The van der Waals surface area contributed by atoms with Crippen LogP contribution in [0.15, 0.2) is 36.4 Å². The molecule has 5 rings (SSSR count). The highest BCUT2D eigenvalue weighted by atomic mass is 19.1. The molecule has 6 nitrogen and oxygen atoms in total. The fraction of sp³-hybridized carbons (Fsp3) is 0.409. The number of carbonyl (C=O) groups excluding carboxylic acids is 1. The summed E-state index contributed by atoms with van der Waals surface area (Å²) >= 11 is 0. The third-order valence-corrected chi connectivity index (χ3v) is 6.32. The Kier molecular flexibility index (Phi) is 4.17. The summed E-state index contributed by atoms with van der Waals surface area (Å²) in [7, 11) is 2.08. The summed E-state index contributed by atoms with van der Waals surface area (Å²) in [6.45, 7) is 6.17. The monoisotopic (exact) mass is 393 g/mol. The van der Waals surface area contributed by atoms with Crippen LogP contribution in [0.5, 0.6) is 0 Å². The zero-order valence-corrected chi connectivity index (χ0v) is 16.8. The summed E-state index contributed by atoms with van der Waals surface area (Å²) < 4.78 is 15.5. The molecule has 150 valence electrons. The van der Waals surface area contributed by atoms with Crippen molar-refractivity contribution in [2.24, 2.45) is 11.8 Å². The molecule has 0 radical (unpaired) electrons. The first-order valence-corrected chi connectivity index (χ1v) is 9.99. The van der Waals surface area contributed by atoms with Crippen LogP contribution in [0, 0.1) is 31.5 Å². The molecular weight excluding hydrogens is 369 g/mol. The van der Waals surface area contributed by atoms with Crippen LogP contribution < -0.4 is 0 Å². The minimum atomic E-state index is -0.215. The van der Waals surface area contributed by atoms with Gasteiger partial charge in [-0.05, 0) is 50.6 Å². The van der Waals surface area contributed by atoms with E-state index in [0.29, 0.717) is 36.3 Å². The van der Waals surface area contributed by atoms with E-state index in [9.17, 15) is 9.18 Å². The molecule has 0 aliphatic carbocycles. The fourth-order valence-electron chi connectivity index (χ4n) is 5.17. The van der Waals surface area contributed by atoms with Gasteiger partial charge in [-0.3, -0.25) is 9.69 Å². The second-order valence-corrected chi connectivity index (χ2v) is 8.41. The zero-order valence-electron chi connectivity index (χ0n) is 16.8. The maximum atomic E-state index is 13.8. The molecule has 0 saturated carbocycles. The maximum Gasteiger partial charge on any atom is 0.274 e. The Labute approximate surface area is 168 Å². The lowest BCUT2D eigenvalue weighted by Gasteiger charge is -2.26. The van der Waals surface area contributed by atoms with Gasteiger partial charge >= 0.3 is 0 Å². The van der Waals surface area contributed by atoms with E-state index in [-0.39, 0.29) is 17.8 Å². The molecule has 4 heterocycles. The van der Waals surface area contributed by atoms with Gasteiger partial charge in [0.2, 0.25) is 0 Å². The molecule has 0 N–H and O–H groups in total. The zero-order chi connectivity index (χ0) is 20.3. The van der Waals surface area contributed by atoms with Crippen molar-refractivity contribution in [3.63, 3.8) is 0 Å². The van der Waals surface area contributed by atoms with Crippen molar-refractivity contribution in [2.45, 2.75) is 19.9 Å². The van der Waals surface area contributed by atoms with Gasteiger partial charge in [0.05, 0.1) is 0 Å². The number of rotatable bonds is 2. The summed E-state index contributed by atoms with van der Waals surface area (Å²) in [5.41, 5.74) is 3.98. The standard InChI is InChI=1S/C22H24FN5O/c1-13-7-14(2)28-20(24-13)9-19(25-28)22(29)27-11-16-10-26(3)21(18(16)12-27)15-5-4-6-17(23)8-15/h4-9,16,18,21H,10-12H2,1-3H3/t16-,18+,21-/m0/s1. The largest absolute Gasteiger partial charge is 0.337 e. The van der Waals surface area contributed by atoms with Crippen molar-refractivity contribution in [1.29, 1.82) is 0 Å². The number of carbonyl (C=O) groups is 1. The minimum absolute atomic E-state index is 0.0531. The molecule has 0 unspecified atom stereocenters. The Morgan fingerprint density at radius 3 is 2.76 bits per heavy atom. The molecule has 2 fully saturated rings. The molecular formula is C22H24FN5O. The highest BCUT2D eigenvalue weighted by Gasteiger charge is 2.47. The lowest BCUT2D eigenvalue weighted by Crippen LogP contribution is -2.33. The van der Waals surface area contributed by atoms with Crippen molar-refractivity contribution in [3.05, 3.63) is 64.9 Å². The van der Waals surface area contributed by atoms with Gasteiger partial charge in [-0.25, -0.2) is 13.9 Å². The van der Waals surface area contributed by atoms with Gasteiger partial charge in [0, 0.05) is 49.0 Å². The second kappa shape index (κ2) is 6.62. The number of benzene rings is 1. The molecule has 29 heavy (non-hydrogen) atoms. The van der Waals surface area contributed by atoms with E-state index in [1.165, 1.54) is 6.07 Å². The molecule has 0 spiro atoms. The Morgan fingerprint density at radius 2 is 1.97 bits per heavy atom. The topological polar surface area (TPSA) is 53.7 Å². The van der Waals surface area contributed by atoms with Crippen molar-refractivity contribution in [1.82, 2.24) is 24.4 Å². The Bertz CT molecular complexity index is 1110. The summed E-state index contributed by atoms with van der Waals surface area (Å²) in [5.74, 6) is 0.414. The van der Waals surface area contributed by atoms with Gasteiger partial charge in [0.1, 0.15) is 5.82 Å². The summed E-state index contributed by atoms with van der Waals surface area (Å²) in [5, 5.41) is 4.50. The third kappa shape index (κ3) is 3.00. The van der Waals surface area contributed by atoms with Crippen LogP contribution in [0.4, 0.5) is 4.39 Å². The van der Waals surface area contributed by atoms with E-state index in [2.05, 4.69) is 22.0 Å². The number of likely N-dealkylation sites (tertiary alicyclic amines) is 2. The summed E-state index contributed by atoms with van der Waals surface area (Å²) in [6, 6.07) is 10.7. The number of hydrogen-bond acceptors (Lipinski definition) is 4. The Balaban J connectivity index is 1.40. The second-order valence-electron chi connectivity index (χ2n) is 8.41. The number of halogens is 1.